The lowest BCUT2D eigenvalue weighted by Gasteiger charge is -2.08. The van der Waals surface area contributed by atoms with E-state index < -0.39 is 0 Å². The lowest BCUT2D eigenvalue weighted by atomic mass is 10.1. The third kappa shape index (κ3) is 4.77. The molecule has 32 heavy (non-hydrogen) atoms. The summed E-state index contributed by atoms with van der Waals surface area (Å²) in [6.45, 7) is 3.96. The number of thioether (sulfide) groups is 1. The van der Waals surface area contributed by atoms with Gasteiger partial charge in [-0.3, -0.25) is 14.2 Å². The van der Waals surface area contributed by atoms with E-state index in [0.29, 0.717) is 25.2 Å². The van der Waals surface area contributed by atoms with Crippen LogP contribution in [0.1, 0.15) is 11.1 Å². The minimum absolute atomic E-state index is 0.103. The van der Waals surface area contributed by atoms with E-state index in [9.17, 15) is 9.59 Å². The van der Waals surface area contributed by atoms with Crippen molar-refractivity contribution in [2.24, 2.45) is 0 Å². The van der Waals surface area contributed by atoms with Gasteiger partial charge in [-0.1, -0.05) is 35.2 Å². The lowest BCUT2D eigenvalue weighted by molar-refractivity contribution is -0.113. The van der Waals surface area contributed by atoms with Crippen LogP contribution in [0.3, 0.4) is 0 Å². The Bertz CT molecular complexity index is 1420. The summed E-state index contributed by atoms with van der Waals surface area (Å²) < 4.78 is 7.98. The van der Waals surface area contributed by atoms with E-state index >= 15 is 0 Å². The maximum atomic E-state index is 12.6. The van der Waals surface area contributed by atoms with E-state index in [-0.39, 0.29) is 17.2 Å². The highest BCUT2D eigenvalue weighted by Crippen LogP contribution is 2.26. The molecule has 0 spiro atoms. The number of H-pyrrole nitrogens is 1. The molecule has 0 saturated carbocycles. The first-order chi connectivity index (χ1) is 15.3. The van der Waals surface area contributed by atoms with Crippen molar-refractivity contribution in [1.29, 1.82) is 0 Å². The van der Waals surface area contributed by atoms with Crippen LogP contribution in [0, 0.1) is 17.8 Å². The van der Waals surface area contributed by atoms with Gasteiger partial charge in [-0.25, -0.2) is 4.98 Å². The molecule has 0 bridgehead atoms. The molecule has 0 radical (unpaired) electrons. The average molecular weight is 485 g/mol. The second kappa shape index (κ2) is 9.27. The van der Waals surface area contributed by atoms with Gasteiger partial charge < -0.3 is 15.0 Å². The first-order valence-corrected chi connectivity index (χ1v) is 11.9. The Morgan fingerprint density at radius 3 is 2.72 bits per heavy atom. The molecule has 4 rings (SSSR count). The summed E-state index contributed by atoms with van der Waals surface area (Å²) in [6.07, 6.45) is 0. The number of aryl methyl sites for hydroxylation is 2. The number of nitrogens with zero attached hydrogens (tertiary/aromatic N) is 2. The van der Waals surface area contributed by atoms with Crippen LogP contribution < -0.4 is 15.6 Å². The minimum Gasteiger partial charge on any atom is -0.497 e. The van der Waals surface area contributed by atoms with E-state index in [4.69, 9.17) is 17.0 Å². The molecule has 0 aliphatic rings. The van der Waals surface area contributed by atoms with Crippen LogP contribution in [0.15, 0.2) is 52.4 Å². The van der Waals surface area contributed by atoms with Gasteiger partial charge in [0.15, 0.2) is 14.8 Å². The molecule has 0 aliphatic carbocycles. The van der Waals surface area contributed by atoms with Crippen molar-refractivity contribution in [3.05, 3.63) is 67.9 Å². The number of rotatable bonds is 6. The van der Waals surface area contributed by atoms with Gasteiger partial charge in [0.05, 0.1) is 18.6 Å². The third-order valence-electron chi connectivity index (χ3n) is 4.58. The first kappa shape index (κ1) is 22.3. The number of aromatic amines is 1. The zero-order chi connectivity index (χ0) is 22.8. The number of fused-ring (bicyclic) bond motifs is 1. The molecule has 10 heteroatoms. The highest BCUT2D eigenvalue weighted by molar-refractivity contribution is 7.99. The Balaban J connectivity index is 1.60. The standard InChI is InChI=1S/C22H20N4O3S3/c1-12-7-13(2)9-14(8-12)23-17(27)11-31-21-24-19-18(20(28)25-21)32-22(30)26(19)15-5-4-6-16(10-15)29-3/h4-10H,11H2,1-3H3,(H,23,27)(H,24,25,28). The summed E-state index contributed by atoms with van der Waals surface area (Å²) in [5, 5.41) is 3.24. The maximum Gasteiger partial charge on any atom is 0.271 e. The summed E-state index contributed by atoms with van der Waals surface area (Å²) >= 11 is 7.85. The molecule has 2 aromatic carbocycles. The number of carbonyl (C=O) groups excluding carboxylic acids is 1. The van der Waals surface area contributed by atoms with Crippen molar-refractivity contribution in [1.82, 2.24) is 14.5 Å². The predicted molar refractivity (Wildman–Crippen MR) is 132 cm³/mol. The van der Waals surface area contributed by atoms with Crippen molar-refractivity contribution in [3.8, 4) is 11.4 Å². The molecule has 0 saturated heterocycles. The highest BCUT2D eigenvalue weighted by Gasteiger charge is 2.15. The number of anilines is 1. The summed E-state index contributed by atoms with van der Waals surface area (Å²) in [6, 6.07) is 13.2. The summed E-state index contributed by atoms with van der Waals surface area (Å²) in [4.78, 5) is 32.4. The third-order valence-corrected chi connectivity index (χ3v) is 6.81. The molecule has 0 unspecified atom stereocenters. The van der Waals surface area contributed by atoms with Gasteiger partial charge in [0.1, 0.15) is 10.4 Å². The highest BCUT2D eigenvalue weighted by atomic mass is 32.2. The molecule has 0 atom stereocenters. The monoisotopic (exact) mass is 484 g/mol. The fraction of sp³-hybridized carbons (Fsp3) is 0.182. The number of nitrogens with one attached hydrogen (secondary N) is 2. The molecule has 0 fully saturated rings. The van der Waals surface area contributed by atoms with Crippen molar-refractivity contribution in [3.63, 3.8) is 0 Å². The second-order valence-corrected chi connectivity index (χ2v) is 9.75. The van der Waals surface area contributed by atoms with Gasteiger partial charge in [-0.05, 0) is 61.5 Å². The van der Waals surface area contributed by atoms with E-state index in [1.807, 2.05) is 56.3 Å². The molecule has 7 nitrogen and oxygen atoms in total. The molecule has 2 aromatic heterocycles. The molecule has 4 aromatic rings. The van der Waals surface area contributed by atoms with E-state index in [1.54, 1.807) is 11.7 Å². The SMILES string of the molecule is COc1cccc(-n2c(=S)sc3c(=O)[nH]c(SCC(=O)Nc4cc(C)cc(C)c4)nc32)c1. The number of amides is 1. The Labute approximate surface area is 197 Å². The van der Waals surface area contributed by atoms with Gasteiger partial charge in [0, 0.05) is 11.8 Å². The van der Waals surface area contributed by atoms with E-state index in [0.717, 1.165) is 34.3 Å². The lowest BCUT2D eigenvalue weighted by Crippen LogP contribution is -2.15. The van der Waals surface area contributed by atoms with Gasteiger partial charge in [-0.15, -0.1) is 0 Å². The topological polar surface area (TPSA) is 89.0 Å². The molecule has 0 aliphatic heterocycles. The molecular weight excluding hydrogens is 464 g/mol. The number of carbonyl (C=O) groups is 1. The molecule has 2 N–H and O–H groups in total. The maximum absolute atomic E-state index is 12.6. The zero-order valence-electron chi connectivity index (χ0n) is 17.6. The summed E-state index contributed by atoms with van der Waals surface area (Å²) in [5.41, 5.74) is 3.81. The first-order valence-electron chi connectivity index (χ1n) is 9.65. The average Bonchev–Trinajstić information content (AvgIpc) is 3.08. The van der Waals surface area contributed by atoms with E-state index in [1.165, 1.54) is 11.3 Å². The number of benzene rings is 2. The normalized spacial score (nSPS) is 11.0. The Hall–Kier alpha value is -2.95. The van der Waals surface area contributed by atoms with E-state index in [2.05, 4.69) is 15.3 Å². The Kier molecular flexibility index (Phi) is 6.45. The smallest absolute Gasteiger partial charge is 0.271 e. The quantitative estimate of drug-likeness (QED) is 0.231. The van der Waals surface area contributed by atoms with Crippen LogP contribution in [-0.2, 0) is 4.79 Å². The molecule has 2 heterocycles. The van der Waals surface area contributed by atoms with Crippen LogP contribution in [0.25, 0.3) is 16.0 Å². The number of thiazole rings is 1. The minimum atomic E-state index is -0.287. The molecule has 1 amide bonds. The Morgan fingerprint density at radius 1 is 1.25 bits per heavy atom. The number of hydrogen-bond acceptors (Lipinski definition) is 7. The largest absolute Gasteiger partial charge is 0.497 e. The van der Waals surface area contributed by atoms with Crippen molar-refractivity contribution < 1.29 is 9.53 Å². The van der Waals surface area contributed by atoms with Gasteiger partial charge in [0.2, 0.25) is 5.91 Å². The van der Waals surface area contributed by atoms with Crippen LogP contribution in [0.2, 0.25) is 0 Å². The Morgan fingerprint density at radius 2 is 2.00 bits per heavy atom. The fourth-order valence-electron chi connectivity index (χ4n) is 3.32. The number of aromatic nitrogens is 3. The van der Waals surface area contributed by atoms with Crippen LogP contribution in [0.4, 0.5) is 5.69 Å². The van der Waals surface area contributed by atoms with Crippen LogP contribution in [0.5, 0.6) is 5.75 Å². The molecular formula is C22H20N4O3S3. The number of hydrogen-bond donors (Lipinski definition) is 2. The second-order valence-electron chi connectivity index (χ2n) is 7.14. The summed E-state index contributed by atoms with van der Waals surface area (Å²) in [7, 11) is 1.59. The van der Waals surface area contributed by atoms with Crippen molar-refractivity contribution >= 4 is 57.3 Å². The van der Waals surface area contributed by atoms with Gasteiger partial charge in [0.25, 0.3) is 5.56 Å². The predicted octanol–water partition coefficient (Wildman–Crippen LogP) is 4.86. The fourth-order valence-corrected chi connectivity index (χ4v) is 5.24. The van der Waals surface area contributed by atoms with Gasteiger partial charge >= 0.3 is 0 Å². The zero-order valence-corrected chi connectivity index (χ0v) is 20.0. The van der Waals surface area contributed by atoms with Crippen LogP contribution >= 0.6 is 35.3 Å². The van der Waals surface area contributed by atoms with Gasteiger partial charge in [-0.2, -0.15) is 0 Å². The summed E-state index contributed by atoms with van der Waals surface area (Å²) in [5.74, 6) is 0.592. The molecule has 164 valence electrons. The number of methoxy groups -OCH3 is 1. The van der Waals surface area contributed by atoms with Crippen molar-refractivity contribution in [2.75, 3.05) is 18.2 Å². The van der Waals surface area contributed by atoms with Crippen molar-refractivity contribution in [2.45, 2.75) is 19.0 Å². The number of ether oxygens (including phenoxy) is 1. The van der Waals surface area contributed by atoms with Crippen LogP contribution in [-0.4, -0.2) is 33.3 Å².